The van der Waals surface area contributed by atoms with Crippen molar-refractivity contribution < 1.29 is 4.79 Å². The first-order chi connectivity index (χ1) is 6.02. The van der Waals surface area contributed by atoms with Crippen LogP contribution >= 0.6 is 15.9 Å². The van der Waals surface area contributed by atoms with Crippen LogP contribution in [0.5, 0.6) is 0 Å². The average molecular weight is 250 g/mol. The smallest absolute Gasteiger partial charge is 0.223 e. The normalized spacial score (nSPS) is 15.5. The lowest BCUT2D eigenvalue weighted by Gasteiger charge is -2.21. The van der Waals surface area contributed by atoms with Crippen molar-refractivity contribution in [2.45, 2.75) is 40.2 Å². The number of halogens is 1. The van der Waals surface area contributed by atoms with Crippen LogP contribution in [0.25, 0.3) is 0 Å². The highest BCUT2D eigenvalue weighted by molar-refractivity contribution is 9.09. The zero-order valence-corrected chi connectivity index (χ0v) is 10.5. The Kier molecular flexibility index (Phi) is 6.39. The Morgan fingerprint density at radius 2 is 1.92 bits per heavy atom. The quantitative estimate of drug-likeness (QED) is 0.746. The van der Waals surface area contributed by atoms with E-state index in [0.29, 0.717) is 5.92 Å². The Balaban J connectivity index is 4.01. The van der Waals surface area contributed by atoms with Crippen molar-refractivity contribution in [3.63, 3.8) is 0 Å². The minimum atomic E-state index is 0.125. The molecule has 0 aliphatic rings. The van der Waals surface area contributed by atoms with Gasteiger partial charge in [0.1, 0.15) is 0 Å². The Labute approximate surface area is 89.6 Å². The third kappa shape index (κ3) is 4.65. The van der Waals surface area contributed by atoms with Gasteiger partial charge in [-0.1, -0.05) is 43.6 Å². The van der Waals surface area contributed by atoms with E-state index in [9.17, 15) is 4.79 Å². The summed E-state index contributed by atoms with van der Waals surface area (Å²) in [5.41, 5.74) is 0. The van der Waals surface area contributed by atoms with Gasteiger partial charge in [-0.2, -0.15) is 0 Å². The summed E-state index contributed by atoms with van der Waals surface area (Å²) in [7, 11) is 0. The fraction of sp³-hybridized carbons (Fsp3) is 0.900. The number of rotatable bonds is 5. The van der Waals surface area contributed by atoms with Gasteiger partial charge in [-0.25, -0.2) is 0 Å². The summed E-state index contributed by atoms with van der Waals surface area (Å²) in [5, 5.41) is 3.86. The molecule has 13 heavy (non-hydrogen) atoms. The molecule has 0 aliphatic carbocycles. The van der Waals surface area contributed by atoms with Gasteiger partial charge in [0, 0.05) is 17.3 Å². The van der Waals surface area contributed by atoms with Crippen LogP contribution in [0.3, 0.4) is 0 Å². The molecule has 0 fully saturated rings. The summed E-state index contributed by atoms with van der Waals surface area (Å²) in [6, 6.07) is 0.251. The van der Waals surface area contributed by atoms with Gasteiger partial charge in [0.05, 0.1) is 0 Å². The summed E-state index contributed by atoms with van der Waals surface area (Å²) >= 11 is 3.40. The van der Waals surface area contributed by atoms with Crippen LogP contribution in [0.2, 0.25) is 0 Å². The molecular weight excluding hydrogens is 230 g/mol. The monoisotopic (exact) mass is 249 g/mol. The van der Waals surface area contributed by atoms with Gasteiger partial charge >= 0.3 is 0 Å². The lowest BCUT2D eigenvalue weighted by Crippen LogP contribution is -2.42. The minimum absolute atomic E-state index is 0.125. The lowest BCUT2D eigenvalue weighted by atomic mass is 10.0. The summed E-state index contributed by atoms with van der Waals surface area (Å²) in [5.74, 6) is 0.772. The van der Waals surface area contributed by atoms with Gasteiger partial charge in [-0.05, 0) is 12.3 Å². The van der Waals surface area contributed by atoms with Crippen molar-refractivity contribution in [1.29, 1.82) is 0 Å². The van der Waals surface area contributed by atoms with Crippen molar-refractivity contribution in [3.05, 3.63) is 0 Å². The highest BCUT2D eigenvalue weighted by atomic mass is 79.9. The van der Waals surface area contributed by atoms with Gasteiger partial charge < -0.3 is 5.32 Å². The first-order valence-corrected chi connectivity index (χ1v) is 6.01. The van der Waals surface area contributed by atoms with Crippen molar-refractivity contribution in [1.82, 2.24) is 5.32 Å². The zero-order chi connectivity index (χ0) is 10.4. The van der Waals surface area contributed by atoms with Crippen LogP contribution < -0.4 is 5.32 Å². The summed E-state index contributed by atoms with van der Waals surface area (Å²) < 4.78 is 0. The van der Waals surface area contributed by atoms with Gasteiger partial charge in [-0.15, -0.1) is 0 Å². The maximum Gasteiger partial charge on any atom is 0.223 e. The Hall–Kier alpha value is -0.0500. The number of nitrogens with one attached hydrogen (secondary N) is 1. The molecule has 2 nitrogen and oxygen atoms in total. The molecule has 0 aromatic rings. The third-order valence-electron chi connectivity index (χ3n) is 2.36. The molecule has 3 heteroatoms. The molecule has 0 aromatic carbocycles. The van der Waals surface area contributed by atoms with Crippen LogP contribution in [0.1, 0.15) is 34.1 Å². The molecular formula is C10H20BrNO. The van der Waals surface area contributed by atoms with Gasteiger partial charge in [0.15, 0.2) is 0 Å². The SMILES string of the molecule is CCC(C)C(=O)NC(CBr)C(C)C. The van der Waals surface area contributed by atoms with E-state index in [1.807, 2.05) is 13.8 Å². The van der Waals surface area contributed by atoms with Crippen LogP contribution in [0, 0.1) is 11.8 Å². The Morgan fingerprint density at radius 1 is 1.38 bits per heavy atom. The number of hydrogen-bond donors (Lipinski definition) is 1. The van der Waals surface area contributed by atoms with Gasteiger partial charge in [0.25, 0.3) is 0 Å². The molecule has 0 heterocycles. The van der Waals surface area contributed by atoms with E-state index in [1.54, 1.807) is 0 Å². The highest BCUT2D eigenvalue weighted by Gasteiger charge is 2.17. The van der Waals surface area contributed by atoms with Crippen molar-refractivity contribution in [3.8, 4) is 0 Å². The molecule has 0 saturated carbocycles. The van der Waals surface area contributed by atoms with Crippen LogP contribution in [0.4, 0.5) is 0 Å². The second kappa shape index (κ2) is 6.41. The van der Waals surface area contributed by atoms with E-state index >= 15 is 0 Å². The minimum Gasteiger partial charge on any atom is -0.352 e. The summed E-state index contributed by atoms with van der Waals surface area (Å²) in [6.07, 6.45) is 0.902. The van der Waals surface area contributed by atoms with E-state index in [1.165, 1.54) is 0 Å². The Bertz CT molecular complexity index is 159. The van der Waals surface area contributed by atoms with Crippen molar-refractivity contribution in [2.24, 2.45) is 11.8 Å². The van der Waals surface area contributed by atoms with E-state index in [2.05, 4.69) is 35.1 Å². The second-order valence-corrected chi connectivity index (χ2v) is 4.47. The average Bonchev–Trinajstić information content (AvgIpc) is 2.11. The summed E-state index contributed by atoms with van der Waals surface area (Å²) in [4.78, 5) is 11.5. The van der Waals surface area contributed by atoms with Crippen LogP contribution in [-0.4, -0.2) is 17.3 Å². The number of carbonyl (C=O) groups is 1. The largest absolute Gasteiger partial charge is 0.352 e. The standard InChI is InChI=1S/C10H20BrNO/c1-5-8(4)10(13)12-9(6-11)7(2)3/h7-9H,5-6H2,1-4H3,(H,12,13). The number of hydrogen-bond acceptors (Lipinski definition) is 1. The van der Waals surface area contributed by atoms with Gasteiger partial charge in [-0.3, -0.25) is 4.79 Å². The fourth-order valence-corrected chi connectivity index (χ4v) is 1.80. The molecule has 0 spiro atoms. The number of amides is 1. The topological polar surface area (TPSA) is 29.1 Å². The highest BCUT2D eigenvalue weighted by Crippen LogP contribution is 2.07. The predicted octanol–water partition coefficient (Wildman–Crippen LogP) is 2.57. The molecule has 0 bridgehead atoms. The molecule has 0 radical (unpaired) electrons. The third-order valence-corrected chi connectivity index (χ3v) is 3.06. The fourth-order valence-electron chi connectivity index (χ4n) is 0.894. The zero-order valence-electron chi connectivity index (χ0n) is 8.93. The number of carbonyl (C=O) groups excluding carboxylic acids is 1. The van der Waals surface area contributed by atoms with E-state index < -0.39 is 0 Å². The molecule has 0 aliphatic heterocycles. The van der Waals surface area contributed by atoms with E-state index in [-0.39, 0.29) is 17.9 Å². The molecule has 1 amide bonds. The lowest BCUT2D eigenvalue weighted by molar-refractivity contribution is -0.125. The number of alkyl halides is 1. The molecule has 0 rings (SSSR count). The molecule has 78 valence electrons. The van der Waals surface area contributed by atoms with Crippen molar-refractivity contribution >= 4 is 21.8 Å². The first kappa shape index (κ1) is 12.9. The molecule has 0 aromatic heterocycles. The van der Waals surface area contributed by atoms with Crippen LogP contribution in [0.15, 0.2) is 0 Å². The van der Waals surface area contributed by atoms with E-state index in [0.717, 1.165) is 11.8 Å². The Morgan fingerprint density at radius 3 is 2.23 bits per heavy atom. The summed E-state index contributed by atoms with van der Waals surface area (Å²) in [6.45, 7) is 8.22. The maximum atomic E-state index is 11.5. The second-order valence-electron chi connectivity index (χ2n) is 3.82. The molecule has 1 N–H and O–H groups in total. The van der Waals surface area contributed by atoms with E-state index in [4.69, 9.17) is 0 Å². The molecule has 2 atom stereocenters. The molecule has 0 saturated heterocycles. The predicted molar refractivity (Wildman–Crippen MR) is 60.0 cm³/mol. The maximum absolute atomic E-state index is 11.5. The molecule has 2 unspecified atom stereocenters. The first-order valence-electron chi connectivity index (χ1n) is 4.89. The van der Waals surface area contributed by atoms with Crippen LogP contribution in [-0.2, 0) is 4.79 Å². The van der Waals surface area contributed by atoms with Crippen molar-refractivity contribution in [2.75, 3.05) is 5.33 Å². The van der Waals surface area contributed by atoms with Gasteiger partial charge in [0.2, 0.25) is 5.91 Å².